The van der Waals surface area contributed by atoms with E-state index in [-0.39, 0.29) is 0 Å². The van der Waals surface area contributed by atoms with Crippen molar-refractivity contribution in [3.63, 3.8) is 0 Å². The van der Waals surface area contributed by atoms with Crippen molar-refractivity contribution in [2.75, 3.05) is 6.54 Å². The van der Waals surface area contributed by atoms with E-state index in [0.717, 1.165) is 12.5 Å². The van der Waals surface area contributed by atoms with Crippen LogP contribution in [0.25, 0.3) is 5.57 Å². The minimum atomic E-state index is 0.568. The van der Waals surface area contributed by atoms with Crippen molar-refractivity contribution in [1.82, 2.24) is 10.3 Å². The van der Waals surface area contributed by atoms with Crippen LogP contribution in [0, 0.1) is 5.92 Å². The van der Waals surface area contributed by atoms with Crippen molar-refractivity contribution in [3.05, 3.63) is 35.1 Å². The predicted octanol–water partition coefficient (Wildman–Crippen LogP) is 3.28. The quantitative estimate of drug-likeness (QED) is 0.772. The zero-order valence-electron chi connectivity index (χ0n) is 9.82. The summed E-state index contributed by atoms with van der Waals surface area (Å²) in [5.41, 5.74) is 2.64. The van der Waals surface area contributed by atoms with Crippen LogP contribution in [-0.2, 0) is 0 Å². The van der Waals surface area contributed by atoms with Crippen LogP contribution in [0.2, 0.25) is 5.15 Å². The third kappa shape index (κ3) is 2.38. The van der Waals surface area contributed by atoms with E-state index in [0.29, 0.717) is 11.2 Å². The van der Waals surface area contributed by atoms with Gasteiger partial charge in [-0.3, -0.25) is 0 Å². The van der Waals surface area contributed by atoms with Gasteiger partial charge in [0.05, 0.1) is 0 Å². The highest BCUT2D eigenvalue weighted by Crippen LogP contribution is 2.34. The van der Waals surface area contributed by atoms with Gasteiger partial charge in [0.1, 0.15) is 5.15 Å². The number of rotatable bonds is 1. The average molecular weight is 249 g/mol. The van der Waals surface area contributed by atoms with Gasteiger partial charge in [-0.2, -0.15) is 0 Å². The number of pyridine rings is 1. The molecule has 17 heavy (non-hydrogen) atoms. The normalized spacial score (nSPS) is 28.4. The molecule has 2 unspecified atom stereocenters. The molecule has 0 saturated carbocycles. The molecule has 3 heteroatoms. The molecule has 0 bridgehead atoms. The van der Waals surface area contributed by atoms with Crippen LogP contribution in [0.3, 0.4) is 0 Å². The molecule has 90 valence electrons. The van der Waals surface area contributed by atoms with Crippen molar-refractivity contribution in [2.45, 2.75) is 31.7 Å². The molecule has 1 aliphatic carbocycles. The Bertz CT molecular complexity index is 424. The molecule has 1 aliphatic heterocycles. The predicted molar refractivity (Wildman–Crippen MR) is 71.0 cm³/mol. The summed E-state index contributed by atoms with van der Waals surface area (Å²) in [5.74, 6) is 0.841. The summed E-state index contributed by atoms with van der Waals surface area (Å²) in [6.45, 7) is 1.16. The fourth-order valence-electron chi connectivity index (χ4n) is 2.95. The molecular weight excluding hydrogens is 232 g/mol. The van der Waals surface area contributed by atoms with Crippen LogP contribution < -0.4 is 5.32 Å². The van der Waals surface area contributed by atoms with Gasteiger partial charge in [-0.05, 0) is 55.3 Å². The number of hydrogen-bond donors (Lipinski definition) is 1. The first-order valence-electron chi connectivity index (χ1n) is 6.39. The zero-order valence-corrected chi connectivity index (χ0v) is 10.6. The van der Waals surface area contributed by atoms with E-state index in [9.17, 15) is 0 Å². The largest absolute Gasteiger partial charge is 0.310 e. The molecule has 1 N–H and O–H groups in total. The first kappa shape index (κ1) is 11.2. The molecule has 1 saturated heterocycles. The van der Waals surface area contributed by atoms with E-state index in [1.807, 2.05) is 12.3 Å². The lowest BCUT2D eigenvalue weighted by Gasteiger charge is -2.35. The molecular formula is C14H17ClN2. The van der Waals surface area contributed by atoms with Crippen LogP contribution in [-0.4, -0.2) is 17.6 Å². The van der Waals surface area contributed by atoms with Gasteiger partial charge >= 0.3 is 0 Å². The van der Waals surface area contributed by atoms with Gasteiger partial charge in [0.2, 0.25) is 0 Å². The highest BCUT2D eigenvalue weighted by atomic mass is 35.5. The Hall–Kier alpha value is -0.860. The summed E-state index contributed by atoms with van der Waals surface area (Å²) in [6, 6.07) is 4.52. The van der Waals surface area contributed by atoms with E-state index in [2.05, 4.69) is 22.4 Å². The van der Waals surface area contributed by atoms with Crippen molar-refractivity contribution in [3.8, 4) is 0 Å². The molecule has 2 aliphatic rings. The maximum absolute atomic E-state index is 5.82. The molecule has 0 aromatic carbocycles. The SMILES string of the molecule is Clc1ccc(C2=CC3NCCCC3CC2)cn1. The van der Waals surface area contributed by atoms with Gasteiger partial charge in [0, 0.05) is 12.2 Å². The van der Waals surface area contributed by atoms with Crippen LogP contribution >= 0.6 is 11.6 Å². The lowest BCUT2D eigenvalue weighted by atomic mass is 9.79. The van der Waals surface area contributed by atoms with Gasteiger partial charge in [-0.25, -0.2) is 4.98 Å². The number of allylic oxidation sites excluding steroid dienone is 1. The third-order valence-corrected chi connectivity index (χ3v) is 4.13. The summed E-state index contributed by atoms with van der Waals surface area (Å²) in [7, 11) is 0. The lowest BCUT2D eigenvalue weighted by molar-refractivity contribution is 0.298. The minimum absolute atomic E-state index is 0.568. The lowest BCUT2D eigenvalue weighted by Crippen LogP contribution is -2.41. The Balaban J connectivity index is 1.84. The molecule has 1 aromatic rings. The van der Waals surface area contributed by atoms with Crippen LogP contribution in [0.5, 0.6) is 0 Å². The monoisotopic (exact) mass is 248 g/mol. The van der Waals surface area contributed by atoms with Crippen LogP contribution in [0.1, 0.15) is 31.2 Å². The molecule has 0 radical (unpaired) electrons. The molecule has 0 spiro atoms. The molecule has 3 rings (SSSR count). The topological polar surface area (TPSA) is 24.9 Å². The maximum atomic E-state index is 5.82. The van der Waals surface area contributed by atoms with E-state index in [4.69, 9.17) is 11.6 Å². The Labute approximate surface area is 107 Å². The number of aromatic nitrogens is 1. The average Bonchev–Trinajstić information content (AvgIpc) is 2.39. The molecule has 2 atom stereocenters. The Morgan fingerprint density at radius 2 is 2.24 bits per heavy atom. The smallest absolute Gasteiger partial charge is 0.129 e. The Morgan fingerprint density at radius 1 is 1.29 bits per heavy atom. The fourth-order valence-corrected chi connectivity index (χ4v) is 3.06. The van der Waals surface area contributed by atoms with Crippen molar-refractivity contribution in [1.29, 1.82) is 0 Å². The number of halogens is 1. The van der Waals surface area contributed by atoms with Crippen LogP contribution in [0.15, 0.2) is 24.4 Å². The van der Waals surface area contributed by atoms with Gasteiger partial charge in [0.15, 0.2) is 0 Å². The first-order chi connectivity index (χ1) is 8.33. The molecule has 0 amide bonds. The summed E-state index contributed by atoms with van der Waals surface area (Å²) in [6.07, 6.45) is 9.46. The van der Waals surface area contributed by atoms with Crippen LogP contribution in [0.4, 0.5) is 0 Å². The molecule has 1 fully saturated rings. The maximum Gasteiger partial charge on any atom is 0.129 e. The number of nitrogens with one attached hydrogen (secondary N) is 1. The fraction of sp³-hybridized carbons (Fsp3) is 0.500. The summed E-state index contributed by atoms with van der Waals surface area (Å²) in [4.78, 5) is 4.16. The second kappa shape index (κ2) is 4.79. The first-order valence-corrected chi connectivity index (χ1v) is 6.77. The van der Waals surface area contributed by atoms with E-state index in [1.165, 1.54) is 36.8 Å². The number of hydrogen-bond acceptors (Lipinski definition) is 2. The second-order valence-electron chi connectivity index (χ2n) is 4.98. The van der Waals surface area contributed by atoms with Crippen molar-refractivity contribution in [2.24, 2.45) is 5.92 Å². The van der Waals surface area contributed by atoms with Gasteiger partial charge in [-0.1, -0.05) is 23.7 Å². The highest BCUT2D eigenvalue weighted by Gasteiger charge is 2.27. The highest BCUT2D eigenvalue weighted by molar-refractivity contribution is 6.29. The standard InChI is InChI=1S/C14H17ClN2/c15-14-6-5-12(9-17-14)11-4-3-10-2-1-7-16-13(10)8-11/h5-6,8-10,13,16H,1-4,7H2. The van der Waals surface area contributed by atoms with E-state index < -0.39 is 0 Å². The van der Waals surface area contributed by atoms with E-state index in [1.54, 1.807) is 0 Å². The summed E-state index contributed by atoms with van der Waals surface area (Å²) in [5, 5.41) is 4.18. The van der Waals surface area contributed by atoms with Gasteiger partial charge in [0.25, 0.3) is 0 Å². The second-order valence-corrected chi connectivity index (χ2v) is 5.37. The Kier molecular flexibility index (Phi) is 3.17. The molecule has 2 heterocycles. The molecule has 2 nitrogen and oxygen atoms in total. The zero-order chi connectivity index (χ0) is 11.7. The number of fused-ring (bicyclic) bond motifs is 1. The summed E-state index contributed by atoms with van der Waals surface area (Å²) < 4.78 is 0. The number of piperidine rings is 1. The summed E-state index contributed by atoms with van der Waals surface area (Å²) >= 11 is 5.82. The van der Waals surface area contributed by atoms with Crippen molar-refractivity contribution < 1.29 is 0 Å². The minimum Gasteiger partial charge on any atom is -0.310 e. The van der Waals surface area contributed by atoms with E-state index >= 15 is 0 Å². The van der Waals surface area contributed by atoms with Gasteiger partial charge in [-0.15, -0.1) is 0 Å². The van der Waals surface area contributed by atoms with Gasteiger partial charge < -0.3 is 5.32 Å². The Morgan fingerprint density at radius 3 is 3.06 bits per heavy atom. The molecule has 1 aromatic heterocycles. The number of nitrogens with zero attached hydrogens (tertiary/aromatic N) is 1. The van der Waals surface area contributed by atoms with Crippen molar-refractivity contribution >= 4 is 17.2 Å². The third-order valence-electron chi connectivity index (χ3n) is 3.90.